The van der Waals surface area contributed by atoms with Gasteiger partial charge >= 0.3 is 5.97 Å². The van der Waals surface area contributed by atoms with E-state index in [-0.39, 0.29) is 12.2 Å². The van der Waals surface area contributed by atoms with Gasteiger partial charge in [-0.2, -0.15) is 5.26 Å². The molecule has 0 atom stereocenters. The molecule has 2 aromatic heterocycles. The summed E-state index contributed by atoms with van der Waals surface area (Å²) >= 11 is 2.86. The Morgan fingerprint density at radius 2 is 2.19 bits per heavy atom. The number of hydrogen-bond acceptors (Lipinski definition) is 6. The van der Waals surface area contributed by atoms with Crippen LogP contribution in [0.15, 0.2) is 23.1 Å². The van der Waals surface area contributed by atoms with Crippen LogP contribution in [0, 0.1) is 11.3 Å². The highest BCUT2D eigenvalue weighted by molar-refractivity contribution is 7.17. The van der Waals surface area contributed by atoms with Crippen LogP contribution in [0.1, 0.15) is 45.4 Å². The van der Waals surface area contributed by atoms with Crippen molar-refractivity contribution in [3.63, 3.8) is 0 Å². The number of hydrogen-bond donors (Lipinski definition) is 1. The molecule has 0 radical (unpaired) electrons. The van der Waals surface area contributed by atoms with Gasteiger partial charge in [0, 0.05) is 9.75 Å². The lowest BCUT2D eigenvalue weighted by atomic mass is 9.95. The fourth-order valence-electron chi connectivity index (χ4n) is 2.91. The lowest BCUT2D eigenvalue weighted by Gasteiger charge is -2.12. The minimum atomic E-state index is -0.509. The fraction of sp³-hybridized carbons (Fsp3) is 0.316. The molecule has 1 amide bonds. The van der Waals surface area contributed by atoms with Gasteiger partial charge in [0.2, 0.25) is 0 Å². The van der Waals surface area contributed by atoms with Crippen molar-refractivity contribution in [2.24, 2.45) is 0 Å². The van der Waals surface area contributed by atoms with E-state index in [0.717, 1.165) is 41.0 Å². The number of amides is 1. The lowest BCUT2D eigenvalue weighted by molar-refractivity contribution is -0.112. The van der Waals surface area contributed by atoms with Gasteiger partial charge in [-0.05, 0) is 55.7 Å². The Bertz CT molecular complexity index is 889. The maximum Gasteiger partial charge on any atom is 0.341 e. The molecule has 26 heavy (non-hydrogen) atoms. The molecule has 0 fully saturated rings. The van der Waals surface area contributed by atoms with Crippen molar-refractivity contribution >= 4 is 45.6 Å². The summed E-state index contributed by atoms with van der Waals surface area (Å²) in [7, 11) is 0. The first-order valence-electron chi connectivity index (χ1n) is 8.42. The molecular formula is C19H18N2O3S2. The third-order valence-corrected chi connectivity index (χ3v) is 6.10. The number of ether oxygens (including phenoxy) is 1. The predicted octanol–water partition coefficient (Wildman–Crippen LogP) is 4.41. The Hall–Kier alpha value is -2.43. The summed E-state index contributed by atoms with van der Waals surface area (Å²) in [5, 5.41) is 14.5. The second kappa shape index (κ2) is 8.30. The normalized spacial score (nSPS) is 13.6. The number of esters is 1. The minimum absolute atomic E-state index is 0.00799. The van der Waals surface area contributed by atoms with Crippen LogP contribution < -0.4 is 5.32 Å². The van der Waals surface area contributed by atoms with E-state index < -0.39 is 11.9 Å². The molecule has 7 heteroatoms. The quantitative estimate of drug-likeness (QED) is 0.469. The first kappa shape index (κ1) is 18.4. The van der Waals surface area contributed by atoms with Crippen LogP contribution in [0.25, 0.3) is 6.08 Å². The van der Waals surface area contributed by atoms with Crippen LogP contribution in [0.5, 0.6) is 0 Å². The molecular weight excluding hydrogens is 368 g/mol. The average molecular weight is 386 g/mol. The van der Waals surface area contributed by atoms with Crippen molar-refractivity contribution < 1.29 is 14.3 Å². The van der Waals surface area contributed by atoms with E-state index in [1.165, 1.54) is 22.7 Å². The molecule has 0 bridgehead atoms. The largest absolute Gasteiger partial charge is 0.462 e. The van der Waals surface area contributed by atoms with Gasteiger partial charge in [-0.1, -0.05) is 6.07 Å². The first-order valence-corrected chi connectivity index (χ1v) is 10.1. The molecule has 5 nitrogen and oxygen atoms in total. The Morgan fingerprint density at radius 1 is 1.38 bits per heavy atom. The van der Waals surface area contributed by atoms with Gasteiger partial charge in [0.05, 0.1) is 12.2 Å². The lowest BCUT2D eigenvalue weighted by Crippen LogP contribution is -2.16. The average Bonchev–Trinajstić information content (AvgIpc) is 3.26. The Kier molecular flexibility index (Phi) is 5.86. The van der Waals surface area contributed by atoms with Gasteiger partial charge in [0.15, 0.2) is 0 Å². The van der Waals surface area contributed by atoms with Gasteiger partial charge in [0.25, 0.3) is 5.91 Å². The van der Waals surface area contributed by atoms with Crippen LogP contribution in [0.3, 0.4) is 0 Å². The fourth-order valence-corrected chi connectivity index (χ4v) is 4.84. The van der Waals surface area contributed by atoms with E-state index in [4.69, 9.17) is 4.74 Å². The summed E-state index contributed by atoms with van der Waals surface area (Å²) < 4.78 is 5.19. The van der Waals surface area contributed by atoms with Crippen LogP contribution in [0.2, 0.25) is 0 Å². The zero-order valence-corrected chi connectivity index (χ0v) is 16.0. The Labute approximate surface area is 159 Å². The minimum Gasteiger partial charge on any atom is -0.462 e. The first-order chi connectivity index (χ1) is 12.6. The van der Waals surface area contributed by atoms with Crippen molar-refractivity contribution in [2.75, 3.05) is 11.9 Å². The number of carbonyl (C=O) groups is 2. The number of nitrogens with zero attached hydrogens (tertiary/aromatic N) is 1. The molecule has 0 saturated carbocycles. The summed E-state index contributed by atoms with van der Waals surface area (Å²) in [6, 6.07) is 5.63. The second-order valence-corrected chi connectivity index (χ2v) is 7.86. The molecule has 0 saturated heterocycles. The Morgan fingerprint density at radius 3 is 2.88 bits per heavy atom. The summed E-state index contributed by atoms with van der Waals surface area (Å²) in [5.41, 5.74) is 1.44. The zero-order valence-electron chi connectivity index (χ0n) is 14.3. The highest BCUT2D eigenvalue weighted by atomic mass is 32.1. The maximum atomic E-state index is 12.6. The number of anilines is 1. The number of aryl methyl sites for hydroxylation is 1. The van der Waals surface area contributed by atoms with E-state index in [1.807, 2.05) is 23.6 Å². The molecule has 1 aliphatic rings. The molecule has 0 aliphatic heterocycles. The van der Waals surface area contributed by atoms with E-state index in [2.05, 4.69) is 5.32 Å². The standard InChI is InChI=1S/C19H18N2O3S2/c1-2-24-19(23)16-14-7-3-4-8-15(14)26-18(16)21-17(22)12(11-20)10-13-6-5-9-25-13/h5-6,9-10H,2-4,7-8H2,1H3,(H,21,22). The van der Waals surface area contributed by atoms with Crippen molar-refractivity contribution in [3.05, 3.63) is 44.0 Å². The highest BCUT2D eigenvalue weighted by Crippen LogP contribution is 2.38. The molecule has 0 spiro atoms. The number of carbonyl (C=O) groups excluding carboxylic acids is 2. The van der Waals surface area contributed by atoms with E-state index in [9.17, 15) is 14.9 Å². The molecule has 3 rings (SSSR count). The molecule has 2 heterocycles. The second-order valence-electron chi connectivity index (χ2n) is 5.77. The third-order valence-electron chi connectivity index (χ3n) is 4.07. The Balaban J connectivity index is 1.91. The monoisotopic (exact) mass is 386 g/mol. The van der Waals surface area contributed by atoms with Gasteiger partial charge in [-0.3, -0.25) is 4.79 Å². The number of fused-ring (bicyclic) bond motifs is 1. The van der Waals surface area contributed by atoms with Gasteiger partial charge in [0.1, 0.15) is 16.6 Å². The number of nitriles is 1. The molecule has 2 aromatic rings. The van der Waals surface area contributed by atoms with Crippen LogP contribution >= 0.6 is 22.7 Å². The summed E-state index contributed by atoms with van der Waals surface area (Å²) in [4.78, 5) is 27.0. The van der Waals surface area contributed by atoms with Crippen molar-refractivity contribution in [1.29, 1.82) is 5.26 Å². The number of thiophene rings is 2. The molecule has 1 aliphatic carbocycles. The zero-order chi connectivity index (χ0) is 18.5. The van der Waals surface area contributed by atoms with Crippen LogP contribution in [-0.4, -0.2) is 18.5 Å². The predicted molar refractivity (Wildman–Crippen MR) is 103 cm³/mol. The topological polar surface area (TPSA) is 79.2 Å². The van der Waals surface area contributed by atoms with E-state index >= 15 is 0 Å². The molecule has 1 N–H and O–H groups in total. The summed E-state index contributed by atoms with van der Waals surface area (Å²) in [6.45, 7) is 2.03. The SMILES string of the molecule is CCOC(=O)c1c(NC(=O)C(C#N)=Cc2cccs2)sc2c1CCCC2. The summed E-state index contributed by atoms with van der Waals surface area (Å²) in [5.74, 6) is -0.923. The van der Waals surface area contributed by atoms with Crippen molar-refractivity contribution in [2.45, 2.75) is 32.6 Å². The third kappa shape index (κ3) is 3.87. The van der Waals surface area contributed by atoms with Crippen LogP contribution in [-0.2, 0) is 22.4 Å². The van der Waals surface area contributed by atoms with Crippen LogP contribution in [0.4, 0.5) is 5.00 Å². The highest BCUT2D eigenvalue weighted by Gasteiger charge is 2.27. The number of rotatable bonds is 5. The van der Waals surface area contributed by atoms with Gasteiger partial charge in [-0.15, -0.1) is 22.7 Å². The molecule has 0 aromatic carbocycles. The number of nitrogens with one attached hydrogen (secondary N) is 1. The van der Waals surface area contributed by atoms with E-state index in [0.29, 0.717) is 10.6 Å². The smallest absolute Gasteiger partial charge is 0.341 e. The maximum absolute atomic E-state index is 12.6. The van der Waals surface area contributed by atoms with Gasteiger partial charge < -0.3 is 10.1 Å². The molecule has 134 valence electrons. The molecule has 0 unspecified atom stereocenters. The summed E-state index contributed by atoms with van der Waals surface area (Å²) in [6.07, 6.45) is 5.36. The van der Waals surface area contributed by atoms with Crippen molar-refractivity contribution in [1.82, 2.24) is 0 Å². The van der Waals surface area contributed by atoms with E-state index in [1.54, 1.807) is 13.0 Å². The van der Waals surface area contributed by atoms with Crippen molar-refractivity contribution in [3.8, 4) is 6.07 Å². The van der Waals surface area contributed by atoms with Gasteiger partial charge in [-0.25, -0.2) is 4.79 Å².